The van der Waals surface area contributed by atoms with E-state index in [2.05, 4.69) is 20.2 Å². The zero-order valence-corrected chi connectivity index (χ0v) is 28.2. The van der Waals surface area contributed by atoms with Crippen molar-refractivity contribution in [1.82, 2.24) is 30.2 Å². The van der Waals surface area contributed by atoms with Gasteiger partial charge in [0.2, 0.25) is 17.7 Å². The number of nitrogens with one attached hydrogen (secondary N) is 1. The largest absolute Gasteiger partial charge is 0.480 e. The highest BCUT2D eigenvalue weighted by Gasteiger charge is 2.29. The van der Waals surface area contributed by atoms with Crippen molar-refractivity contribution in [3.05, 3.63) is 70.2 Å². The summed E-state index contributed by atoms with van der Waals surface area (Å²) in [6.07, 6.45) is 6.97. The molecule has 2 aliphatic heterocycles. The standard InChI is InChI=1S/C35H38Cl2N6O4/c1-20-17-43(19-30(20)44)18-29-35(47-3)42-28(16-39-29)25-11-6-9-23(33(25)37)22-8-5-10-24(32(22)36)27-15-38-26(34(41-27)46-2)12-4-7-21-13-14-31(45)40-21/h5-6,8-11,15-16,20-21,30,44H,4,7,12-14,17-19H2,1-3H3,(H,40,45)/t20-,21+,30-/m0/s1. The highest BCUT2D eigenvalue weighted by atomic mass is 35.5. The molecule has 0 aliphatic carbocycles. The third kappa shape index (κ3) is 7.21. The van der Waals surface area contributed by atoms with Crippen LogP contribution in [0.5, 0.6) is 11.8 Å². The Morgan fingerprint density at radius 3 is 2.00 bits per heavy atom. The Labute approximate surface area is 284 Å². The number of hydrogen-bond donors (Lipinski definition) is 2. The maximum Gasteiger partial charge on any atom is 0.237 e. The van der Waals surface area contributed by atoms with Crippen molar-refractivity contribution >= 4 is 29.1 Å². The first kappa shape index (κ1) is 33.1. The van der Waals surface area contributed by atoms with Gasteiger partial charge in [0.25, 0.3) is 0 Å². The van der Waals surface area contributed by atoms with E-state index in [1.165, 1.54) is 0 Å². The lowest BCUT2D eigenvalue weighted by molar-refractivity contribution is -0.119. The zero-order chi connectivity index (χ0) is 33.1. The Hall–Kier alpha value is -3.83. The van der Waals surface area contributed by atoms with Crippen molar-refractivity contribution in [1.29, 1.82) is 0 Å². The van der Waals surface area contributed by atoms with Gasteiger partial charge >= 0.3 is 0 Å². The second-order valence-corrected chi connectivity index (χ2v) is 12.9. The van der Waals surface area contributed by atoms with Gasteiger partial charge in [0.15, 0.2) is 0 Å². The first-order valence-corrected chi connectivity index (χ1v) is 16.6. The van der Waals surface area contributed by atoms with Crippen LogP contribution in [0.1, 0.15) is 44.0 Å². The molecule has 246 valence electrons. The van der Waals surface area contributed by atoms with Gasteiger partial charge < -0.3 is 19.9 Å². The summed E-state index contributed by atoms with van der Waals surface area (Å²) in [5.41, 5.74) is 5.47. The van der Waals surface area contributed by atoms with E-state index in [0.29, 0.717) is 75.9 Å². The van der Waals surface area contributed by atoms with Gasteiger partial charge in [-0.05, 0) is 31.6 Å². The van der Waals surface area contributed by atoms with Crippen LogP contribution in [0, 0.1) is 5.92 Å². The summed E-state index contributed by atoms with van der Waals surface area (Å²) in [6, 6.07) is 11.6. The van der Waals surface area contributed by atoms with Gasteiger partial charge in [-0.1, -0.05) is 66.5 Å². The maximum absolute atomic E-state index is 11.5. The van der Waals surface area contributed by atoms with Gasteiger partial charge in [-0.25, -0.2) is 9.97 Å². The van der Waals surface area contributed by atoms with Crippen LogP contribution >= 0.6 is 23.2 Å². The minimum atomic E-state index is -0.350. The Kier molecular flexibility index (Phi) is 10.2. The van der Waals surface area contributed by atoms with Gasteiger partial charge in [0.05, 0.1) is 54.2 Å². The van der Waals surface area contributed by atoms with Gasteiger partial charge in [0.1, 0.15) is 11.4 Å². The molecule has 1 amide bonds. The predicted octanol–water partition coefficient (Wildman–Crippen LogP) is 6.01. The molecule has 12 heteroatoms. The van der Waals surface area contributed by atoms with E-state index >= 15 is 0 Å². The van der Waals surface area contributed by atoms with Crippen molar-refractivity contribution in [3.63, 3.8) is 0 Å². The first-order valence-electron chi connectivity index (χ1n) is 15.8. The van der Waals surface area contributed by atoms with E-state index in [9.17, 15) is 9.90 Å². The summed E-state index contributed by atoms with van der Waals surface area (Å²) < 4.78 is 11.2. The lowest BCUT2D eigenvalue weighted by atomic mass is 9.98. The summed E-state index contributed by atoms with van der Waals surface area (Å²) in [6.45, 7) is 3.94. The van der Waals surface area contributed by atoms with Gasteiger partial charge in [0, 0.05) is 54.4 Å². The molecule has 3 atom stereocenters. The monoisotopic (exact) mass is 676 g/mol. The van der Waals surface area contributed by atoms with Crippen LogP contribution in [0.3, 0.4) is 0 Å². The summed E-state index contributed by atoms with van der Waals surface area (Å²) in [5, 5.41) is 14.1. The smallest absolute Gasteiger partial charge is 0.237 e. The molecule has 2 aromatic carbocycles. The molecule has 0 spiro atoms. The fourth-order valence-corrected chi connectivity index (χ4v) is 6.98. The average molecular weight is 678 g/mol. The number of benzene rings is 2. The summed E-state index contributed by atoms with van der Waals surface area (Å²) >= 11 is 14.1. The summed E-state index contributed by atoms with van der Waals surface area (Å²) in [4.78, 5) is 32.5. The second kappa shape index (κ2) is 14.5. The minimum Gasteiger partial charge on any atom is -0.480 e. The SMILES string of the molecule is COc1nc(-c2cccc(-c3cccc(-c4cnc(CN5C[C@H](C)[C@@H](O)C5)c(OC)n4)c3Cl)c2Cl)cnc1CCC[C@@H]1CCC(=O)N1. The first-order chi connectivity index (χ1) is 22.7. The molecule has 4 aromatic rings. The van der Waals surface area contributed by atoms with E-state index in [4.69, 9.17) is 42.6 Å². The number of rotatable bonds is 11. The Morgan fingerprint density at radius 1 is 0.894 bits per heavy atom. The van der Waals surface area contributed by atoms with Crippen LogP contribution in [0.25, 0.3) is 33.6 Å². The second-order valence-electron chi connectivity index (χ2n) is 12.2. The van der Waals surface area contributed by atoms with E-state index in [1.807, 2.05) is 43.3 Å². The summed E-state index contributed by atoms with van der Waals surface area (Å²) in [5.74, 6) is 1.19. The number of nitrogens with zero attached hydrogens (tertiary/aromatic N) is 5. The number of aliphatic hydroxyl groups is 1. The number of amides is 1. The molecule has 0 radical (unpaired) electrons. The number of halogens is 2. The molecular formula is C35H38Cl2N6O4. The number of aryl methyl sites for hydroxylation is 1. The van der Waals surface area contributed by atoms with Crippen LogP contribution in [0.4, 0.5) is 0 Å². The third-order valence-electron chi connectivity index (χ3n) is 8.92. The minimum absolute atomic E-state index is 0.122. The van der Waals surface area contributed by atoms with Crippen LogP contribution in [-0.4, -0.2) is 75.3 Å². The fourth-order valence-electron chi connectivity index (χ4n) is 6.33. The quantitative estimate of drug-likeness (QED) is 0.197. The molecule has 0 unspecified atom stereocenters. The number of methoxy groups -OCH3 is 2. The van der Waals surface area contributed by atoms with Crippen LogP contribution in [-0.2, 0) is 17.8 Å². The van der Waals surface area contributed by atoms with Gasteiger partial charge in [-0.15, -0.1) is 0 Å². The van der Waals surface area contributed by atoms with E-state index < -0.39 is 0 Å². The van der Waals surface area contributed by atoms with E-state index in [-0.39, 0.29) is 24.0 Å². The maximum atomic E-state index is 11.5. The highest BCUT2D eigenvalue weighted by molar-refractivity contribution is 6.39. The molecular weight excluding hydrogens is 639 g/mol. The van der Waals surface area contributed by atoms with Crippen LogP contribution < -0.4 is 14.8 Å². The lowest BCUT2D eigenvalue weighted by Crippen LogP contribution is -2.25. The number of likely N-dealkylation sites (tertiary alicyclic amines) is 1. The fraction of sp³-hybridized carbons (Fsp3) is 0.400. The van der Waals surface area contributed by atoms with Crippen molar-refractivity contribution in [2.75, 3.05) is 27.3 Å². The normalized spacial score (nSPS) is 19.6. The average Bonchev–Trinajstić information content (AvgIpc) is 3.64. The predicted molar refractivity (Wildman–Crippen MR) is 182 cm³/mol. The van der Waals surface area contributed by atoms with Crippen molar-refractivity contribution in [3.8, 4) is 45.4 Å². The van der Waals surface area contributed by atoms with Crippen molar-refractivity contribution < 1.29 is 19.4 Å². The third-order valence-corrected chi connectivity index (χ3v) is 9.74. The molecule has 2 fully saturated rings. The lowest BCUT2D eigenvalue weighted by Gasteiger charge is -2.17. The van der Waals surface area contributed by atoms with Crippen LogP contribution in [0.2, 0.25) is 10.0 Å². The Morgan fingerprint density at radius 2 is 1.47 bits per heavy atom. The number of carbonyl (C=O) groups excluding carboxylic acids is 1. The number of aliphatic hydroxyl groups excluding tert-OH is 1. The molecule has 2 aromatic heterocycles. The molecule has 2 saturated heterocycles. The zero-order valence-electron chi connectivity index (χ0n) is 26.7. The van der Waals surface area contributed by atoms with Crippen molar-refractivity contribution in [2.24, 2.45) is 5.92 Å². The number of aromatic nitrogens is 4. The molecule has 4 heterocycles. The van der Waals surface area contributed by atoms with E-state index in [1.54, 1.807) is 26.6 Å². The molecule has 2 N–H and O–H groups in total. The molecule has 10 nitrogen and oxygen atoms in total. The Balaban J connectivity index is 1.24. The molecule has 47 heavy (non-hydrogen) atoms. The molecule has 0 saturated carbocycles. The van der Waals surface area contributed by atoms with Crippen molar-refractivity contribution in [2.45, 2.75) is 57.7 Å². The number of β-amino-alcohol motifs (C(OH)–C–C–N with tert-alkyl or cyclic N) is 1. The number of ether oxygens (including phenoxy) is 2. The van der Waals surface area contributed by atoms with Gasteiger partial charge in [-0.3, -0.25) is 19.7 Å². The topological polar surface area (TPSA) is 123 Å². The van der Waals surface area contributed by atoms with E-state index in [0.717, 1.165) is 42.6 Å². The Bertz CT molecular complexity index is 1760. The molecule has 2 aliphatic rings. The van der Waals surface area contributed by atoms with Gasteiger partial charge in [-0.2, -0.15) is 0 Å². The molecule has 6 rings (SSSR count). The summed E-state index contributed by atoms with van der Waals surface area (Å²) in [7, 11) is 3.16. The van der Waals surface area contributed by atoms with Crippen LogP contribution in [0.15, 0.2) is 48.8 Å². The number of hydrogen-bond acceptors (Lipinski definition) is 9. The highest BCUT2D eigenvalue weighted by Crippen LogP contribution is 2.42. The number of carbonyl (C=O) groups is 1. The molecule has 0 bridgehead atoms.